The van der Waals surface area contributed by atoms with Gasteiger partial charge in [-0.05, 0) is 0 Å². The monoisotopic (exact) mass is 305 g/mol. The summed E-state index contributed by atoms with van der Waals surface area (Å²) in [7, 11) is 0. The maximum absolute atomic E-state index is 10.2. The summed E-state index contributed by atoms with van der Waals surface area (Å²) in [5.74, 6) is 2.83. The number of aliphatic hydroxyl groups is 2. The Morgan fingerprint density at radius 1 is 1.45 bits per heavy atom. The van der Waals surface area contributed by atoms with Gasteiger partial charge in [0.25, 0.3) is 0 Å². The molecule has 0 radical (unpaired) electrons. The van der Waals surface area contributed by atoms with Gasteiger partial charge in [0.15, 0.2) is 23.8 Å². The summed E-state index contributed by atoms with van der Waals surface area (Å²) in [6.07, 6.45) is 1.88. The van der Waals surface area contributed by atoms with Crippen LogP contribution >= 0.6 is 0 Å². The van der Waals surface area contributed by atoms with Gasteiger partial charge in [0, 0.05) is 6.92 Å². The lowest BCUT2D eigenvalue weighted by atomic mass is 10.1. The highest BCUT2D eigenvalue weighted by atomic mass is 16.6. The molecule has 1 fully saturated rings. The molecule has 0 saturated carbocycles. The number of rotatable bonds is 3. The number of aliphatic hydroxyl groups excluding tert-OH is 2. The molecule has 0 unspecified atom stereocenters. The fourth-order valence-electron chi connectivity index (χ4n) is 2.40. The first-order valence-electron chi connectivity index (χ1n) is 6.62. The first-order chi connectivity index (χ1) is 10.7. The number of nitrogen functional groups attached to an aromatic ring is 1. The second-order valence-corrected chi connectivity index (χ2v) is 4.76. The van der Waals surface area contributed by atoms with E-state index in [0.29, 0.717) is 11.2 Å². The molecule has 4 N–H and O–H groups in total. The predicted molar refractivity (Wildman–Crippen MR) is 75.1 cm³/mol. The van der Waals surface area contributed by atoms with Crippen LogP contribution in [-0.4, -0.2) is 54.7 Å². The van der Waals surface area contributed by atoms with Crippen molar-refractivity contribution in [3.05, 3.63) is 12.7 Å². The maximum atomic E-state index is 10.2. The number of nitrogens with zero attached hydrogens (tertiary/aromatic N) is 4. The van der Waals surface area contributed by atoms with E-state index in [2.05, 4.69) is 27.0 Å². The molecule has 0 bridgehead atoms. The lowest BCUT2D eigenvalue weighted by Crippen LogP contribution is -2.34. The molecular weight excluding hydrogens is 290 g/mol. The lowest BCUT2D eigenvalue weighted by Gasteiger charge is -2.19. The Morgan fingerprint density at radius 3 is 3.00 bits per heavy atom. The summed E-state index contributed by atoms with van der Waals surface area (Å²) in [6.45, 7) is 1.27. The fourth-order valence-corrected chi connectivity index (χ4v) is 2.40. The molecule has 9 heteroatoms. The minimum atomic E-state index is -1.03. The van der Waals surface area contributed by atoms with Gasteiger partial charge in [-0.25, -0.2) is 15.0 Å². The SMILES string of the molecule is CC#CO[C@@H]1[C@H](O)[C@@H](CO)O[C@H]1n1cnc2c(N)ncnc21. The Balaban J connectivity index is 2.02. The fraction of sp³-hybridized carbons (Fsp3) is 0.462. The third-order valence-corrected chi connectivity index (χ3v) is 3.45. The van der Waals surface area contributed by atoms with Crippen LogP contribution in [0.4, 0.5) is 5.82 Å². The molecule has 4 atom stereocenters. The third-order valence-electron chi connectivity index (χ3n) is 3.45. The van der Waals surface area contributed by atoms with Crippen LogP contribution in [0.5, 0.6) is 0 Å². The van der Waals surface area contributed by atoms with Gasteiger partial charge in [-0.3, -0.25) is 4.57 Å². The third kappa shape index (κ3) is 2.23. The molecule has 1 aliphatic rings. The lowest BCUT2D eigenvalue weighted by molar-refractivity contribution is -0.0510. The number of hydrogen-bond donors (Lipinski definition) is 3. The minimum absolute atomic E-state index is 0.242. The molecule has 2 aromatic rings. The Morgan fingerprint density at radius 2 is 2.27 bits per heavy atom. The van der Waals surface area contributed by atoms with Crippen molar-refractivity contribution in [2.45, 2.75) is 31.5 Å². The number of aromatic nitrogens is 4. The van der Waals surface area contributed by atoms with E-state index >= 15 is 0 Å². The average Bonchev–Trinajstić information content (AvgIpc) is 3.07. The Hall–Kier alpha value is -2.41. The van der Waals surface area contributed by atoms with E-state index in [4.69, 9.17) is 15.2 Å². The van der Waals surface area contributed by atoms with E-state index in [1.54, 1.807) is 11.5 Å². The highest BCUT2D eigenvalue weighted by Gasteiger charge is 2.46. The molecule has 0 spiro atoms. The van der Waals surface area contributed by atoms with Gasteiger partial charge < -0.3 is 25.4 Å². The number of hydrogen-bond acceptors (Lipinski definition) is 8. The molecular formula is C13H15N5O4. The van der Waals surface area contributed by atoms with Crippen molar-refractivity contribution in [1.82, 2.24) is 19.5 Å². The summed E-state index contributed by atoms with van der Waals surface area (Å²) in [5, 5.41) is 19.5. The number of imidazole rings is 1. The summed E-state index contributed by atoms with van der Waals surface area (Å²) in [5.41, 5.74) is 6.62. The second kappa shape index (κ2) is 5.76. The molecule has 3 heterocycles. The average molecular weight is 305 g/mol. The van der Waals surface area contributed by atoms with Crippen LogP contribution < -0.4 is 5.73 Å². The van der Waals surface area contributed by atoms with Gasteiger partial charge in [-0.15, -0.1) is 0 Å². The highest BCUT2D eigenvalue weighted by Crippen LogP contribution is 2.33. The van der Waals surface area contributed by atoms with Crippen LogP contribution in [0.1, 0.15) is 13.2 Å². The van der Waals surface area contributed by atoms with Crippen molar-refractivity contribution in [2.75, 3.05) is 12.3 Å². The van der Waals surface area contributed by atoms with Crippen LogP contribution in [0, 0.1) is 12.0 Å². The van der Waals surface area contributed by atoms with Gasteiger partial charge in [-0.1, -0.05) is 5.92 Å². The van der Waals surface area contributed by atoms with E-state index in [-0.39, 0.29) is 12.4 Å². The largest absolute Gasteiger partial charge is 0.436 e. The number of fused-ring (bicyclic) bond motifs is 1. The van der Waals surface area contributed by atoms with E-state index in [9.17, 15) is 10.2 Å². The van der Waals surface area contributed by atoms with Gasteiger partial charge in [-0.2, -0.15) is 0 Å². The second-order valence-electron chi connectivity index (χ2n) is 4.76. The van der Waals surface area contributed by atoms with Crippen LogP contribution in [0.2, 0.25) is 0 Å². The van der Waals surface area contributed by atoms with Crippen molar-refractivity contribution in [3.63, 3.8) is 0 Å². The van der Waals surface area contributed by atoms with Gasteiger partial charge in [0.2, 0.25) is 0 Å². The molecule has 9 nitrogen and oxygen atoms in total. The first kappa shape index (κ1) is 14.5. The van der Waals surface area contributed by atoms with Crippen molar-refractivity contribution in [1.29, 1.82) is 0 Å². The van der Waals surface area contributed by atoms with E-state index < -0.39 is 24.5 Å². The van der Waals surface area contributed by atoms with Crippen molar-refractivity contribution in [3.8, 4) is 12.0 Å². The number of nitrogens with two attached hydrogens (primary N) is 1. The molecule has 116 valence electrons. The molecule has 0 aliphatic carbocycles. The van der Waals surface area contributed by atoms with Crippen molar-refractivity contribution < 1.29 is 19.7 Å². The topological polar surface area (TPSA) is 129 Å². The molecule has 2 aromatic heterocycles. The predicted octanol–water partition coefficient (Wildman–Crippen LogP) is -0.975. The summed E-state index contributed by atoms with van der Waals surface area (Å²) >= 11 is 0. The zero-order valence-electron chi connectivity index (χ0n) is 11.7. The quantitative estimate of drug-likeness (QED) is 0.617. The Labute approximate surface area is 125 Å². The normalized spacial score (nSPS) is 27.6. The van der Waals surface area contributed by atoms with Gasteiger partial charge >= 0.3 is 0 Å². The maximum Gasteiger partial charge on any atom is 0.184 e. The summed E-state index contributed by atoms with van der Waals surface area (Å²) in [6, 6.07) is 0. The van der Waals surface area contributed by atoms with Gasteiger partial charge in [0.1, 0.15) is 30.2 Å². The van der Waals surface area contributed by atoms with Gasteiger partial charge in [0.05, 0.1) is 12.9 Å². The minimum Gasteiger partial charge on any atom is -0.436 e. The van der Waals surface area contributed by atoms with Crippen LogP contribution in [0.25, 0.3) is 11.2 Å². The zero-order valence-corrected chi connectivity index (χ0v) is 11.7. The smallest absolute Gasteiger partial charge is 0.184 e. The Bertz CT molecular complexity index is 737. The van der Waals surface area contributed by atoms with E-state index in [1.165, 1.54) is 12.7 Å². The standard InChI is InChI=1S/C13H15N5O4/c1-2-3-21-10-9(20)7(4-19)22-13(10)18-6-17-8-11(14)15-5-16-12(8)18/h5-7,9-10,13,19-20H,4H2,1H3,(H2,14,15,16)/t7-,9-,10-,13-/m1/s1. The number of anilines is 1. The molecule has 3 rings (SSSR count). The van der Waals surface area contributed by atoms with Crippen molar-refractivity contribution in [2.24, 2.45) is 0 Å². The zero-order chi connectivity index (χ0) is 15.7. The van der Waals surface area contributed by atoms with Crippen molar-refractivity contribution >= 4 is 17.0 Å². The van der Waals surface area contributed by atoms with Crippen LogP contribution in [0.3, 0.4) is 0 Å². The van der Waals surface area contributed by atoms with E-state index in [0.717, 1.165) is 0 Å². The molecule has 1 saturated heterocycles. The summed E-state index contributed by atoms with van der Waals surface area (Å²) in [4.78, 5) is 12.2. The van der Waals surface area contributed by atoms with Crippen LogP contribution in [0.15, 0.2) is 12.7 Å². The molecule has 1 aliphatic heterocycles. The molecule has 22 heavy (non-hydrogen) atoms. The van der Waals surface area contributed by atoms with E-state index in [1.807, 2.05) is 0 Å². The molecule has 0 aromatic carbocycles. The highest BCUT2D eigenvalue weighted by molar-refractivity contribution is 5.81. The first-order valence-corrected chi connectivity index (χ1v) is 6.62. The Kier molecular flexibility index (Phi) is 3.81. The molecule has 0 amide bonds. The van der Waals surface area contributed by atoms with Crippen LogP contribution in [-0.2, 0) is 9.47 Å². The number of ether oxygens (including phenoxy) is 2. The summed E-state index contributed by atoms with van der Waals surface area (Å²) < 4.78 is 12.6.